The monoisotopic (exact) mass is 393 g/mol. The van der Waals surface area contributed by atoms with Crippen LogP contribution in [0.15, 0.2) is 12.3 Å². The number of carbonyl (C=O) groups is 1. The van der Waals surface area contributed by atoms with Gasteiger partial charge in [0.25, 0.3) is 0 Å². The molecule has 0 aromatic carbocycles. The number of morpholine rings is 1. The molecule has 25 heavy (non-hydrogen) atoms. The number of amides is 1. The largest absolute Gasteiger partial charge is 0.379 e. The predicted molar refractivity (Wildman–Crippen MR) is 102 cm³/mol. The zero-order chi connectivity index (χ0) is 16.1. The van der Waals surface area contributed by atoms with Gasteiger partial charge in [-0.15, -0.1) is 24.8 Å². The van der Waals surface area contributed by atoms with Crippen molar-refractivity contribution in [3.8, 4) is 0 Å². The fourth-order valence-corrected chi connectivity index (χ4v) is 3.50. The second-order valence-corrected chi connectivity index (χ2v) is 6.44. The number of carbonyl (C=O) groups excluding carboxylic acids is 1. The minimum atomic E-state index is 0. The molecule has 0 bridgehead atoms. The van der Waals surface area contributed by atoms with Gasteiger partial charge >= 0.3 is 0 Å². The fourth-order valence-electron chi connectivity index (χ4n) is 3.50. The van der Waals surface area contributed by atoms with E-state index in [9.17, 15) is 4.79 Å². The lowest BCUT2D eigenvalue weighted by atomic mass is 9.95. The van der Waals surface area contributed by atoms with E-state index < -0.39 is 0 Å². The smallest absolute Gasteiger partial charge is 0.229 e. The molecule has 7 nitrogen and oxygen atoms in total. The van der Waals surface area contributed by atoms with Crippen LogP contribution >= 0.6 is 24.8 Å². The van der Waals surface area contributed by atoms with Crippen molar-refractivity contribution >= 4 is 36.5 Å². The molecule has 1 saturated heterocycles. The van der Waals surface area contributed by atoms with Gasteiger partial charge in [-0.2, -0.15) is 5.10 Å². The third-order valence-electron chi connectivity index (χ3n) is 4.94. The summed E-state index contributed by atoms with van der Waals surface area (Å²) < 4.78 is 7.23. The average molecular weight is 394 g/mol. The standard InChI is InChI=1S/C16H27N5O2.2ClH/c17-12-13-2-1-3-14(13)16(22)18-15-4-5-21(19-15)7-6-20-8-10-23-11-9-20;;/h4-5,13-14H,1-3,6-12,17H2,(H,18,19,22);2*1H/t13-,14-;;/m1../s1. The van der Waals surface area contributed by atoms with E-state index in [1.165, 1.54) is 0 Å². The third kappa shape index (κ3) is 6.11. The molecule has 1 aliphatic heterocycles. The van der Waals surface area contributed by atoms with E-state index in [0.29, 0.717) is 18.3 Å². The summed E-state index contributed by atoms with van der Waals surface area (Å²) in [4.78, 5) is 14.7. The minimum Gasteiger partial charge on any atom is -0.379 e. The van der Waals surface area contributed by atoms with Crippen LogP contribution in [0.1, 0.15) is 19.3 Å². The molecule has 2 heterocycles. The summed E-state index contributed by atoms with van der Waals surface area (Å²) in [5.41, 5.74) is 5.76. The zero-order valence-corrected chi connectivity index (χ0v) is 16.1. The summed E-state index contributed by atoms with van der Waals surface area (Å²) >= 11 is 0. The van der Waals surface area contributed by atoms with Crippen LogP contribution < -0.4 is 11.1 Å². The van der Waals surface area contributed by atoms with Crippen LogP contribution in [0, 0.1) is 11.8 Å². The van der Waals surface area contributed by atoms with Crippen LogP contribution in [-0.2, 0) is 16.1 Å². The number of hydrogen-bond donors (Lipinski definition) is 2. The van der Waals surface area contributed by atoms with Crippen molar-refractivity contribution in [1.82, 2.24) is 14.7 Å². The number of rotatable bonds is 6. The van der Waals surface area contributed by atoms with Gasteiger partial charge in [-0.3, -0.25) is 14.4 Å². The van der Waals surface area contributed by atoms with Crippen molar-refractivity contribution in [1.29, 1.82) is 0 Å². The molecule has 3 N–H and O–H groups in total. The number of nitrogens with two attached hydrogens (primary N) is 1. The van der Waals surface area contributed by atoms with Gasteiger partial charge in [0.15, 0.2) is 5.82 Å². The molecule has 1 amide bonds. The summed E-state index contributed by atoms with van der Waals surface area (Å²) in [6.45, 7) is 5.95. The Morgan fingerprint density at radius 1 is 1.28 bits per heavy atom. The van der Waals surface area contributed by atoms with Crippen LogP contribution in [-0.4, -0.2) is 60.0 Å². The molecule has 0 unspecified atom stereocenters. The van der Waals surface area contributed by atoms with Crippen molar-refractivity contribution < 1.29 is 9.53 Å². The molecule has 0 radical (unpaired) electrons. The molecule has 2 atom stereocenters. The van der Waals surface area contributed by atoms with Gasteiger partial charge < -0.3 is 15.8 Å². The Balaban J connectivity index is 0.00000156. The van der Waals surface area contributed by atoms with Gasteiger partial charge in [0.2, 0.25) is 5.91 Å². The predicted octanol–water partition coefficient (Wildman–Crippen LogP) is 1.37. The maximum absolute atomic E-state index is 12.4. The van der Waals surface area contributed by atoms with Gasteiger partial charge in [-0.1, -0.05) is 6.42 Å². The van der Waals surface area contributed by atoms with Crippen LogP contribution in [0.25, 0.3) is 0 Å². The molecule has 2 fully saturated rings. The molecule has 144 valence electrons. The molecule has 3 rings (SSSR count). The average Bonchev–Trinajstić information content (AvgIpc) is 3.22. The normalized spacial score (nSPS) is 23.6. The van der Waals surface area contributed by atoms with Gasteiger partial charge in [-0.05, 0) is 25.3 Å². The molecule has 9 heteroatoms. The highest BCUT2D eigenvalue weighted by molar-refractivity contribution is 5.92. The van der Waals surface area contributed by atoms with E-state index in [2.05, 4.69) is 15.3 Å². The maximum atomic E-state index is 12.4. The van der Waals surface area contributed by atoms with E-state index in [4.69, 9.17) is 10.5 Å². The SMILES string of the molecule is Cl.Cl.NC[C@H]1CCC[C@H]1C(=O)Nc1ccn(CCN2CCOCC2)n1. The van der Waals surface area contributed by atoms with Gasteiger partial charge in [0, 0.05) is 37.8 Å². The molecule has 1 aromatic heterocycles. The first-order valence-corrected chi connectivity index (χ1v) is 8.61. The van der Waals surface area contributed by atoms with Crippen molar-refractivity contribution in [2.75, 3.05) is 44.7 Å². The topological polar surface area (TPSA) is 85.4 Å². The minimum absolute atomic E-state index is 0. The lowest BCUT2D eigenvalue weighted by Gasteiger charge is -2.26. The lowest BCUT2D eigenvalue weighted by molar-refractivity contribution is -0.120. The van der Waals surface area contributed by atoms with Crippen molar-refractivity contribution in [2.24, 2.45) is 17.6 Å². The lowest BCUT2D eigenvalue weighted by Crippen LogP contribution is -2.38. The summed E-state index contributed by atoms with van der Waals surface area (Å²) in [6, 6.07) is 1.86. The van der Waals surface area contributed by atoms with Crippen LogP contribution in [0.5, 0.6) is 0 Å². The number of hydrogen-bond acceptors (Lipinski definition) is 5. The fraction of sp³-hybridized carbons (Fsp3) is 0.750. The van der Waals surface area contributed by atoms with E-state index >= 15 is 0 Å². The van der Waals surface area contributed by atoms with Crippen LogP contribution in [0.3, 0.4) is 0 Å². The molecular weight excluding hydrogens is 365 g/mol. The molecule has 1 saturated carbocycles. The second kappa shape index (κ2) is 11.0. The molecule has 2 aliphatic rings. The maximum Gasteiger partial charge on any atom is 0.229 e. The van der Waals surface area contributed by atoms with Gasteiger partial charge in [0.05, 0.1) is 19.8 Å². The number of ether oxygens (including phenoxy) is 1. The van der Waals surface area contributed by atoms with Crippen molar-refractivity contribution in [2.45, 2.75) is 25.8 Å². The molecule has 1 aliphatic carbocycles. The zero-order valence-electron chi connectivity index (χ0n) is 14.4. The summed E-state index contributed by atoms with van der Waals surface area (Å²) in [7, 11) is 0. The highest BCUT2D eigenvalue weighted by Gasteiger charge is 2.32. The number of halogens is 2. The van der Waals surface area contributed by atoms with Crippen molar-refractivity contribution in [3.63, 3.8) is 0 Å². The number of anilines is 1. The highest BCUT2D eigenvalue weighted by Crippen LogP contribution is 2.31. The number of nitrogens with zero attached hydrogens (tertiary/aromatic N) is 3. The Labute approximate surface area is 161 Å². The second-order valence-electron chi connectivity index (χ2n) is 6.44. The van der Waals surface area contributed by atoms with Crippen LogP contribution in [0.2, 0.25) is 0 Å². The van der Waals surface area contributed by atoms with E-state index in [-0.39, 0.29) is 36.6 Å². The van der Waals surface area contributed by atoms with Gasteiger partial charge in [-0.25, -0.2) is 0 Å². The quantitative estimate of drug-likeness (QED) is 0.761. The van der Waals surface area contributed by atoms with Crippen LogP contribution in [0.4, 0.5) is 5.82 Å². The first kappa shape index (κ1) is 22.2. The van der Waals surface area contributed by atoms with E-state index in [0.717, 1.165) is 58.7 Å². The molecule has 0 spiro atoms. The first-order chi connectivity index (χ1) is 11.3. The Kier molecular flexibility index (Phi) is 9.74. The Morgan fingerprint density at radius 3 is 2.76 bits per heavy atom. The third-order valence-corrected chi connectivity index (χ3v) is 4.94. The van der Waals surface area contributed by atoms with E-state index in [1.807, 2.05) is 16.9 Å². The first-order valence-electron chi connectivity index (χ1n) is 8.61. The summed E-state index contributed by atoms with van der Waals surface area (Å²) in [5.74, 6) is 1.06. The number of aromatic nitrogens is 2. The highest BCUT2D eigenvalue weighted by atomic mass is 35.5. The van der Waals surface area contributed by atoms with Gasteiger partial charge in [0.1, 0.15) is 0 Å². The van der Waals surface area contributed by atoms with E-state index in [1.54, 1.807) is 0 Å². The summed E-state index contributed by atoms with van der Waals surface area (Å²) in [5, 5.41) is 7.40. The van der Waals surface area contributed by atoms with Crippen molar-refractivity contribution in [3.05, 3.63) is 12.3 Å². The Morgan fingerprint density at radius 2 is 2.04 bits per heavy atom. The Bertz CT molecular complexity index is 522. The molecular formula is C16H29Cl2N5O2. The Hall–Kier alpha value is -0.860. The summed E-state index contributed by atoms with van der Waals surface area (Å²) in [6.07, 6.45) is 5.01. The number of nitrogens with one attached hydrogen (secondary N) is 1. The molecule has 1 aromatic rings.